The second-order valence-electron chi connectivity index (χ2n) is 3.42. The molecule has 0 atom stereocenters. The van der Waals surface area contributed by atoms with E-state index in [0.29, 0.717) is 0 Å². The molecule has 98 valence electrons. The number of rotatable bonds is 5. The van der Waals surface area contributed by atoms with Crippen molar-refractivity contribution in [3.8, 4) is 5.75 Å². The summed E-state index contributed by atoms with van der Waals surface area (Å²) in [5.41, 5.74) is -0.443. The summed E-state index contributed by atoms with van der Waals surface area (Å²) in [5.74, 6) is -0.376. The van der Waals surface area contributed by atoms with E-state index >= 15 is 0 Å². The summed E-state index contributed by atoms with van der Waals surface area (Å²) in [7, 11) is -1.12. The molecule has 0 unspecified atom stereocenters. The van der Waals surface area contributed by atoms with E-state index in [-0.39, 0.29) is 5.75 Å². The van der Waals surface area contributed by atoms with Crippen molar-refractivity contribution in [1.82, 2.24) is 4.90 Å². The first kappa shape index (κ1) is 13.9. The fraction of sp³-hybridized carbons (Fsp3) is 0.222. The Hall–Kier alpha value is -2.16. The summed E-state index contributed by atoms with van der Waals surface area (Å²) < 4.78 is 30.5. The molecule has 0 aliphatic rings. The number of nitro groups is 1. The first-order chi connectivity index (χ1) is 8.32. The van der Waals surface area contributed by atoms with Crippen LogP contribution in [0, 0.1) is 10.1 Å². The van der Waals surface area contributed by atoms with Crippen LogP contribution in [0.1, 0.15) is 0 Å². The number of para-hydroxylation sites is 2. The van der Waals surface area contributed by atoms with Gasteiger partial charge in [-0.2, -0.15) is 8.42 Å². The first-order valence-electron chi connectivity index (χ1n) is 4.71. The lowest BCUT2D eigenvalue weighted by Gasteiger charge is -2.05. The number of benzene rings is 1. The molecule has 0 spiro atoms. The fourth-order valence-corrected chi connectivity index (χ4v) is 1.68. The molecule has 0 aliphatic carbocycles. The highest BCUT2D eigenvalue weighted by atomic mass is 32.2. The van der Waals surface area contributed by atoms with Crippen LogP contribution in [-0.4, -0.2) is 38.7 Å². The zero-order valence-corrected chi connectivity index (χ0v) is 10.5. The zero-order chi connectivity index (χ0) is 13.8. The Labute approximate surface area is 104 Å². The molecule has 0 saturated heterocycles. The fourth-order valence-electron chi connectivity index (χ4n) is 0.965. The Morgan fingerprint density at radius 1 is 1.39 bits per heavy atom. The van der Waals surface area contributed by atoms with Gasteiger partial charge in [-0.1, -0.05) is 12.1 Å². The van der Waals surface area contributed by atoms with Gasteiger partial charge in [-0.3, -0.25) is 10.1 Å². The second-order valence-corrected chi connectivity index (χ2v) is 4.65. The van der Waals surface area contributed by atoms with Crippen LogP contribution in [0.4, 0.5) is 5.69 Å². The number of hydrogen-bond acceptors (Lipinski definition) is 5. The van der Waals surface area contributed by atoms with Gasteiger partial charge in [0, 0.05) is 20.2 Å². The molecule has 0 fully saturated rings. The summed E-state index contributed by atoms with van der Waals surface area (Å²) in [5, 5.41) is 10.7. The lowest BCUT2D eigenvalue weighted by Crippen LogP contribution is -2.13. The third-order valence-electron chi connectivity index (χ3n) is 1.66. The van der Waals surface area contributed by atoms with E-state index in [4.69, 9.17) is 0 Å². The van der Waals surface area contributed by atoms with Gasteiger partial charge in [-0.05, 0) is 6.07 Å². The first-order valence-corrected chi connectivity index (χ1v) is 6.08. The average Bonchev–Trinajstić information content (AvgIpc) is 2.26. The van der Waals surface area contributed by atoms with Gasteiger partial charge in [0.05, 0.1) is 4.92 Å². The van der Waals surface area contributed by atoms with Gasteiger partial charge in [0.1, 0.15) is 6.34 Å². The number of nitrogens with zero attached hydrogens (tertiary/aromatic N) is 3. The molecular formula is C9H11N3O5S. The Bertz CT molecular complexity index is 567. The molecule has 0 aliphatic heterocycles. The van der Waals surface area contributed by atoms with E-state index in [1.807, 2.05) is 0 Å². The normalized spacial score (nSPS) is 11.4. The van der Waals surface area contributed by atoms with Crippen molar-refractivity contribution in [1.29, 1.82) is 0 Å². The Kier molecular flexibility index (Phi) is 4.21. The van der Waals surface area contributed by atoms with Crippen LogP contribution in [0.5, 0.6) is 5.75 Å². The summed E-state index contributed by atoms with van der Waals surface area (Å²) in [6.45, 7) is 0. The van der Waals surface area contributed by atoms with Crippen molar-refractivity contribution in [2.75, 3.05) is 14.1 Å². The SMILES string of the molecule is CN(C)/C=N/S(=O)(=O)Oc1ccccc1[N+](=O)[O-]. The van der Waals surface area contributed by atoms with Crippen molar-refractivity contribution in [2.24, 2.45) is 4.40 Å². The summed E-state index contributed by atoms with van der Waals surface area (Å²) in [6.07, 6.45) is 1.02. The minimum Gasteiger partial charge on any atom is -0.368 e. The monoisotopic (exact) mass is 273 g/mol. The van der Waals surface area contributed by atoms with Gasteiger partial charge < -0.3 is 9.08 Å². The lowest BCUT2D eigenvalue weighted by molar-refractivity contribution is -0.385. The maximum atomic E-state index is 11.4. The summed E-state index contributed by atoms with van der Waals surface area (Å²) in [4.78, 5) is 11.3. The largest absolute Gasteiger partial charge is 0.430 e. The van der Waals surface area contributed by atoms with E-state index < -0.39 is 20.9 Å². The molecule has 0 saturated carbocycles. The van der Waals surface area contributed by atoms with Crippen LogP contribution in [-0.2, 0) is 10.3 Å². The number of nitro benzene ring substituents is 1. The molecule has 0 aromatic heterocycles. The smallest absolute Gasteiger partial charge is 0.368 e. The number of hydrogen-bond donors (Lipinski definition) is 0. The highest BCUT2D eigenvalue weighted by molar-refractivity contribution is 7.85. The Morgan fingerprint density at radius 3 is 2.56 bits per heavy atom. The van der Waals surface area contributed by atoms with Gasteiger partial charge in [0.25, 0.3) is 0 Å². The third kappa shape index (κ3) is 4.01. The maximum absolute atomic E-state index is 11.4. The van der Waals surface area contributed by atoms with Crippen LogP contribution in [0.2, 0.25) is 0 Å². The van der Waals surface area contributed by atoms with Crippen molar-refractivity contribution in [3.05, 3.63) is 34.4 Å². The highest BCUT2D eigenvalue weighted by Crippen LogP contribution is 2.27. The van der Waals surface area contributed by atoms with E-state index in [1.165, 1.54) is 23.1 Å². The molecule has 1 aromatic carbocycles. The molecule has 9 heteroatoms. The maximum Gasteiger partial charge on any atom is 0.430 e. The van der Waals surface area contributed by atoms with Gasteiger partial charge in [-0.25, -0.2) is 0 Å². The van der Waals surface area contributed by atoms with Crippen LogP contribution >= 0.6 is 0 Å². The quantitative estimate of drug-likeness (QED) is 0.340. The highest BCUT2D eigenvalue weighted by Gasteiger charge is 2.19. The molecule has 0 bridgehead atoms. The van der Waals surface area contributed by atoms with Crippen molar-refractivity contribution in [2.45, 2.75) is 0 Å². The van der Waals surface area contributed by atoms with E-state index in [1.54, 1.807) is 14.1 Å². The Morgan fingerprint density at radius 2 is 2.00 bits per heavy atom. The van der Waals surface area contributed by atoms with Crippen molar-refractivity contribution in [3.63, 3.8) is 0 Å². The van der Waals surface area contributed by atoms with Crippen LogP contribution in [0.25, 0.3) is 0 Å². The molecule has 0 amide bonds. The molecule has 8 nitrogen and oxygen atoms in total. The van der Waals surface area contributed by atoms with Crippen LogP contribution < -0.4 is 4.18 Å². The van der Waals surface area contributed by atoms with Gasteiger partial charge in [0.15, 0.2) is 0 Å². The topological polar surface area (TPSA) is 102 Å². The van der Waals surface area contributed by atoms with Gasteiger partial charge in [-0.15, -0.1) is 4.40 Å². The van der Waals surface area contributed by atoms with Crippen LogP contribution in [0.3, 0.4) is 0 Å². The van der Waals surface area contributed by atoms with Gasteiger partial charge in [0.2, 0.25) is 5.75 Å². The molecular weight excluding hydrogens is 262 g/mol. The summed E-state index contributed by atoms with van der Waals surface area (Å²) in [6, 6.07) is 5.15. The van der Waals surface area contributed by atoms with Crippen molar-refractivity contribution < 1.29 is 17.5 Å². The van der Waals surface area contributed by atoms with Crippen molar-refractivity contribution >= 4 is 22.3 Å². The van der Waals surface area contributed by atoms with E-state index in [9.17, 15) is 18.5 Å². The molecule has 18 heavy (non-hydrogen) atoms. The third-order valence-corrected chi connectivity index (χ3v) is 2.41. The van der Waals surface area contributed by atoms with Crippen LogP contribution in [0.15, 0.2) is 28.7 Å². The standard InChI is InChI=1S/C9H11N3O5S/c1-11(2)7-10-18(15,16)17-9-6-4-3-5-8(9)12(13)14/h3-7H,1-2H3/b10-7+. The predicted molar refractivity (Wildman–Crippen MR) is 64.8 cm³/mol. The lowest BCUT2D eigenvalue weighted by atomic mass is 10.3. The zero-order valence-electron chi connectivity index (χ0n) is 9.68. The average molecular weight is 273 g/mol. The molecule has 0 heterocycles. The minimum absolute atomic E-state index is 0.376. The molecule has 0 N–H and O–H groups in total. The van der Waals surface area contributed by atoms with E-state index in [0.717, 1.165) is 12.4 Å². The molecule has 1 aromatic rings. The molecule has 1 rings (SSSR count). The summed E-state index contributed by atoms with van der Waals surface area (Å²) >= 11 is 0. The Balaban J connectivity index is 3.01. The van der Waals surface area contributed by atoms with Gasteiger partial charge >= 0.3 is 16.0 Å². The van der Waals surface area contributed by atoms with E-state index in [2.05, 4.69) is 8.58 Å². The predicted octanol–water partition coefficient (Wildman–Crippen LogP) is 0.808. The minimum atomic E-state index is -4.26. The second kappa shape index (κ2) is 5.45. The molecule has 0 radical (unpaired) electrons.